The first-order valence-corrected chi connectivity index (χ1v) is 4.96. The molecule has 1 aromatic heterocycles. The first-order chi connectivity index (χ1) is 7.66. The van der Waals surface area contributed by atoms with Crippen molar-refractivity contribution < 1.29 is 0 Å². The second kappa shape index (κ2) is 4.10. The summed E-state index contributed by atoms with van der Waals surface area (Å²) < 4.78 is 1.51. The van der Waals surface area contributed by atoms with Crippen LogP contribution in [0.1, 0.15) is 5.56 Å². The number of benzene rings is 1. The smallest absolute Gasteiger partial charge is 0.274 e. The van der Waals surface area contributed by atoms with Crippen LogP contribution in [0.15, 0.2) is 47.4 Å². The van der Waals surface area contributed by atoms with Crippen LogP contribution in [-0.2, 0) is 6.54 Å². The zero-order valence-corrected chi connectivity index (χ0v) is 8.76. The van der Waals surface area contributed by atoms with Crippen molar-refractivity contribution in [2.75, 3.05) is 11.5 Å². The number of aromatic nitrogens is 1. The molecule has 2 aromatic rings. The molecule has 82 valence electrons. The highest BCUT2D eigenvalue weighted by atomic mass is 16.1. The van der Waals surface area contributed by atoms with Crippen molar-refractivity contribution in [1.82, 2.24) is 4.57 Å². The van der Waals surface area contributed by atoms with Crippen molar-refractivity contribution in [2.24, 2.45) is 0 Å². The van der Waals surface area contributed by atoms with Crippen molar-refractivity contribution in [3.8, 4) is 0 Å². The van der Waals surface area contributed by atoms with Crippen LogP contribution in [0, 0.1) is 0 Å². The van der Waals surface area contributed by atoms with Gasteiger partial charge in [-0.1, -0.05) is 30.3 Å². The standard InChI is InChI=1S/C12H13N3O/c13-10-6-11(14)12(16)15(8-10)7-9-4-2-1-3-5-9/h1-6,8H,7,13-14H2. The van der Waals surface area contributed by atoms with Gasteiger partial charge in [-0.15, -0.1) is 0 Å². The molecule has 0 aliphatic heterocycles. The van der Waals surface area contributed by atoms with Gasteiger partial charge < -0.3 is 16.0 Å². The average molecular weight is 215 g/mol. The maximum atomic E-state index is 11.7. The maximum absolute atomic E-state index is 11.7. The predicted octanol–water partition coefficient (Wildman–Crippen LogP) is 1.06. The summed E-state index contributed by atoms with van der Waals surface area (Å²) in [4.78, 5) is 11.7. The highest BCUT2D eigenvalue weighted by Crippen LogP contribution is 2.06. The van der Waals surface area contributed by atoms with Gasteiger partial charge in [0.1, 0.15) is 0 Å². The molecule has 2 rings (SSSR count). The molecule has 4 N–H and O–H groups in total. The molecular formula is C12H13N3O. The molecule has 0 aliphatic rings. The zero-order chi connectivity index (χ0) is 11.5. The number of hydrogen-bond donors (Lipinski definition) is 2. The molecule has 1 heterocycles. The van der Waals surface area contributed by atoms with E-state index in [-0.39, 0.29) is 11.2 Å². The van der Waals surface area contributed by atoms with Gasteiger partial charge in [-0.25, -0.2) is 0 Å². The Bertz CT molecular complexity index is 546. The van der Waals surface area contributed by atoms with Crippen LogP contribution in [0.25, 0.3) is 0 Å². The lowest BCUT2D eigenvalue weighted by atomic mass is 10.2. The van der Waals surface area contributed by atoms with Crippen LogP contribution in [0.5, 0.6) is 0 Å². The topological polar surface area (TPSA) is 74.0 Å². The molecule has 0 aliphatic carbocycles. The van der Waals surface area contributed by atoms with Gasteiger partial charge in [0, 0.05) is 6.20 Å². The Morgan fingerprint density at radius 3 is 2.50 bits per heavy atom. The molecule has 0 bridgehead atoms. The minimum absolute atomic E-state index is 0.177. The molecule has 0 unspecified atom stereocenters. The summed E-state index contributed by atoms with van der Waals surface area (Å²) in [7, 11) is 0. The van der Waals surface area contributed by atoms with Crippen molar-refractivity contribution >= 4 is 11.4 Å². The highest BCUT2D eigenvalue weighted by Gasteiger charge is 2.02. The third kappa shape index (κ3) is 2.06. The van der Waals surface area contributed by atoms with Crippen LogP contribution in [0.2, 0.25) is 0 Å². The monoisotopic (exact) mass is 215 g/mol. The van der Waals surface area contributed by atoms with Crippen molar-refractivity contribution in [2.45, 2.75) is 6.54 Å². The third-order valence-corrected chi connectivity index (χ3v) is 2.33. The van der Waals surface area contributed by atoms with Crippen LogP contribution in [0.4, 0.5) is 11.4 Å². The SMILES string of the molecule is Nc1cc(N)c(=O)n(Cc2ccccc2)c1. The number of nitrogens with zero attached hydrogens (tertiary/aromatic N) is 1. The van der Waals surface area contributed by atoms with Crippen molar-refractivity contribution in [3.63, 3.8) is 0 Å². The lowest BCUT2D eigenvalue weighted by Crippen LogP contribution is -2.23. The van der Waals surface area contributed by atoms with E-state index in [1.54, 1.807) is 6.20 Å². The lowest BCUT2D eigenvalue weighted by molar-refractivity contribution is 0.764. The first kappa shape index (κ1) is 10.3. The Kier molecular flexibility index (Phi) is 2.64. The van der Waals surface area contributed by atoms with Crippen LogP contribution in [0.3, 0.4) is 0 Å². The zero-order valence-electron chi connectivity index (χ0n) is 8.76. The molecular weight excluding hydrogens is 202 g/mol. The Labute approximate surface area is 93.1 Å². The van der Waals surface area contributed by atoms with Gasteiger partial charge in [0.05, 0.1) is 17.9 Å². The van der Waals surface area contributed by atoms with Gasteiger partial charge in [-0.05, 0) is 11.6 Å². The van der Waals surface area contributed by atoms with Gasteiger partial charge >= 0.3 is 0 Å². The molecule has 4 heteroatoms. The van der Waals surface area contributed by atoms with Gasteiger partial charge in [0.2, 0.25) is 0 Å². The molecule has 0 spiro atoms. The summed E-state index contributed by atoms with van der Waals surface area (Å²) in [5.41, 5.74) is 12.7. The second-order valence-electron chi connectivity index (χ2n) is 3.65. The molecule has 0 amide bonds. The minimum Gasteiger partial charge on any atom is -0.397 e. The van der Waals surface area contributed by atoms with E-state index in [0.717, 1.165) is 5.56 Å². The molecule has 0 saturated heterocycles. The highest BCUT2D eigenvalue weighted by molar-refractivity contribution is 5.48. The van der Waals surface area contributed by atoms with Gasteiger partial charge in [-0.3, -0.25) is 4.79 Å². The summed E-state index contributed by atoms with van der Waals surface area (Å²) in [6, 6.07) is 11.2. The van der Waals surface area contributed by atoms with E-state index in [4.69, 9.17) is 11.5 Å². The molecule has 0 saturated carbocycles. The Balaban J connectivity index is 2.39. The molecule has 16 heavy (non-hydrogen) atoms. The fourth-order valence-corrected chi connectivity index (χ4v) is 1.58. The fourth-order valence-electron chi connectivity index (χ4n) is 1.58. The van der Waals surface area contributed by atoms with E-state index in [1.165, 1.54) is 10.6 Å². The maximum Gasteiger partial charge on any atom is 0.274 e. The molecule has 0 atom stereocenters. The Morgan fingerprint density at radius 2 is 1.81 bits per heavy atom. The summed E-state index contributed by atoms with van der Waals surface area (Å²) in [6.45, 7) is 0.481. The Hall–Kier alpha value is -2.23. The Morgan fingerprint density at radius 1 is 1.12 bits per heavy atom. The quantitative estimate of drug-likeness (QED) is 0.786. The van der Waals surface area contributed by atoms with Gasteiger partial charge in [0.15, 0.2) is 0 Å². The van der Waals surface area contributed by atoms with Crippen LogP contribution < -0.4 is 17.0 Å². The number of anilines is 2. The van der Waals surface area contributed by atoms with Gasteiger partial charge in [0.25, 0.3) is 5.56 Å². The lowest BCUT2D eigenvalue weighted by Gasteiger charge is -2.07. The van der Waals surface area contributed by atoms with E-state index < -0.39 is 0 Å². The van der Waals surface area contributed by atoms with Crippen LogP contribution in [-0.4, -0.2) is 4.57 Å². The minimum atomic E-state index is -0.210. The van der Waals surface area contributed by atoms with E-state index in [2.05, 4.69) is 0 Å². The van der Waals surface area contributed by atoms with E-state index >= 15 is 0 Å². The first-order valence-electron chi connectivity index (χ1n) is 4.96. The van der Waals surface area contributed by atoms with Gasteiger partial charge in [-0.2, -0.15) is 0 Å². The van der Waals surface area contributed by atoms with Crippen molar-refractivity contribution in [1.29, 1.82) is 0 Å². The molecule has 0 radical (unpaired) electrons. The predicted molar refractivity (Wildman–Crippen MR) is 65.1 cm³/mol. The second-order valence-corrected chi connectivity index (χ2v) is 3.65. The summed E-state index contributed by atoms with van der Waals surface area (Å²) in [5.74, 6) is 0. The number of rotatable bonds is 2. The third-order valence-electron chi connectivity index (χ3n) is 2.33. The van der Waals surface area contributed by atoms with E-state index in [1.807, 2.05) is 30.3 Å². The summed E-state index contributed by atoms with van der Waals surface area (Å²) in [6.07, 6.45) is 1.60. The number of nitrogen functional groups attached to an aromatic ring is 2. The number of nitrogens with two attached hydrogens (primary N) is 2. The van der Waals surface area contributed by atoms with E-state index in [9.17, 15) is 4.79 Å². The summed E-state index contributed by atoms with van der Waals surface area (Å²) >= 11 is 0. The molecule has 4 nitrogen and oxygen atoms in total. The fraction of sp³-hybridized carbons (Fsp3) is 0.0833. The average Bonchev–Trinajstić information content (AvgIpc) is 2.27. The number of hydrogen-bond acceptors (Lipinski definition) is 3. The number of pyridine rings is 1. The summed E-state index contributed by atoms with van der Waals surface area (Å²) in [5, 5.41) is 0. The van der Waals surface area contributed by atoms with E-state index in [0.29, 0.717) is 12.2 Å². The largest absolute Gasteiger partial charge is 0.397 e. The van der Waals surface area contributed by atoms with Crippen LogP contribution >= 0.6 is 0 Å². The molecule has 0 fully saturated rings. The van der Waals surface area contributed by atoms with Crippen molar-refractivity contribution in [3.05, 3.63) is 58.5 Å². The molecule has 1 aromatic carbocycles. The normalized spacial score (nSPS) is 10.2.